The molecule has 26 heavy (non-hydrogen) atoms. The zero-order chi connectivity index (χ0) is 18.0. The fraction of sp³-hybridized carbons (Fsp3) is 1.00. The summed E-state index contributed by atoms with van der Waals surface area (Å²) in [6.45, 7) is 3.92. The van der Waals surface area contributed by atoms with Crippen molar-refractivity contribution < 1.29 is 22.9 Å². The van der Waals surface area contributed by atoms with Gasteiger partial charge in [0.2, 0.25) is 11.6 Å². The second kappa shape index (κ2) is 6.14. The summed E-state index contributed by atoms with van der Waals surface area (Å²) in [5, 5.41) is 0. The Morgan fingerprint density at radius 1 is 0.962 bits per heavy atom. The molecular formula is C19H31NO5S. The van der Waals surface area contributed by atoms with Crippen molar-refractivity contribution in [1.82, 2.24) is 4.90 Å². The maximum absolute atomic E-state index is 11.7. The SMILES string of the molecule is CCS(=O)(=O)CCN1CCC2(CC1)OOC1(O2)C2CC3CC(C2)CC1C3. The fourth-order valence-corrected chi connectivity index (χ4v) is 7.15. The van der Waals surface area contributed by atoms with Gasteiger partial charge in [0, 0.05) is 50.1 Å². The largest absolute Gasteiger partial charge is 0.312 e. The molecule has 2 heterocycles. The highest BCUT2D eigenvalue weighted by Gasteiger charge is 2.66. The van der Waals surface area contributed by atoms with Gasteiger partial charge in [-0.05, 0) is 43.9 Å². The number of hydrogen-bond acceptors (Lipinski definition) is 6. The van der Waals surface area contributed by atoms with Crippen molar-refractivity contribution in [1.29, 1.82) is 0 Å². The third-order valence-corrected chi connectivity index (χ3v) is 9.41. The first-order valence-electron chi connectivity index (χ1n) is 10.4. The van der Waals surface area contributed by atoms with Crippen molar-refractivity contribution in [3.05, 3.63) is 0 Å². The molecule has 6 aliphatic rings. The van der Waals surface area contributed by atoms with E-state index < -0.39 is 21.4 Å². The van der Waals surface area contributed by atoms with Gasteiger partial charge in [-0.25, -0.2) is 8.42 Å². The first-order chi connectivity index (χ1) is 12.4. The van der Waals surface area contributed by atoms with E-state index in [1.54, 1.807) is 6.92 Å². The van der Waals surface area contributed by atoms with E-state index in [9.17, 15) is 8.42 Å². The lowest BCUT2D eigenvalue weighted by atomic mass is 9.53. The Morgan fingerprint density at radius 2 is 1.58 bits per heavy atom. The number of sulfone groups is 1. The zero-order valence-corrected chi connectivity index (χ0v) is 16.5. The molecule has 4 bridgehead atoms. The number of rotatable bonds is 4. The van der Waals surface area contributed by atoms with E-state index in [1.807, 2.05) is 0 Å². The number of ether oxygens (including phenoxy) is 1. The van der Waals surface area contributed by atoms with Crippen LogP contribution in [-0.2, 0) is 24.3 Å². The summed E-state index contributed by atoms with van der Waals surface area (Å²) < 4.78 is 30.2. The lowest BCUT2D eigenvalue weighted by molar-refractivity contribution is -0.390. The average molecular weight is 386 g/mol. The number of hydrogen-bond donors (Lipinski definition) is 0. The van der Waals surface area contributed by atoms with Gasteiger partial charge < -0.3 is 9.64 Å². The van der Waals surface area contributed by atoms with Crippen LogP contribution in [0.25, 0.3) is 0 Å². The van der Waals surface area contributed by atoms with Gasteiger partial charge in [0.15, 0.2) is 9.84 Å². The Morgan fingerprint density at radius 3 is 2.15 bits per heavy atom. The Hall–Kier alpha value is -0.210. The van der Waals surface area contributed by atoms with Gasteiger partial charge in [-0.1, -0.05) is 6.92 Å². The lowest BCUT2D eigenvalue weighted by Crippen LogP contribution is -2.59. The van der Waals surface area contributed by atoms with Crippen molar-refractivity contribution in [2.75, 3.05) is 31.1 Å². The molecule has 0 atom stereocenters. The minimum atomic E-state index is -2.91. The highest BCUT2D eigenvalue weighted by atomic mass is 32.2. The minimum Gasteiger partial charge on any atom is -0.312 e. The topological polar surface area (TPSA) is 65.1 Å². The van der Waals surface area contributed by atoms with E-state index in [-0.39, 0.29) is 11.5 Å². The van der Waals surface area contributed by atoms with Gasteiger partial charge >= 0.3 is 0 Å². The molecule has 0 aromatic rings. The second-order valence-corrected chi connectivity index (χ2v) is 11.8. The predicted octanol–water partition coefficient (Wildman–Crippen LogP) is 2.34. The fourth-order valence-electron chi connectivity index (χ4n) is 6.32. The standard InChI is InChI=1S/C19H31NO5S/c1-2-26(21,22)8-7-20-5-3-18(4-6-20)23-19(25-24-18)16-10-14-9-15(12-16)13-17(19)11-14/h14-17H,2-13H2,1H3. The van der Waals surface area contributed by atoms with Crippen LogP contribution in [0, 0.1) is 23.7 Å². The monoisotopic (exact) mass is 385 g/mol. The molecule has 0 unspecified atom stereocenters. The Labute approximate surface area is 156 Å². The smallest absolute Gasteiger partial charge is 0.210 e. The third kappa shape index (κ3) is 2.85. The van der Waals surface area contributed by atoms with E-state index in [0.717, 1.165) is 37.8 Å². The van der Waals surface area contributed by atoms with Crippen molar-refractivity contribution in [3.8, 4) is 0 Å². The van der Waals surface area contributed by atoms with Crippen LogP contribution in [0.4, 0.5) is 0 Å². The highest BCUT2D eigenvalue weighted by Crippen LogP contribution is 2.63. The van der Waals surface area contributed by atoms with Gasteiger partial charge in [0.1, 0.15) is 0 Å². The molecule has 0 N–H and O–H groups in total. The molecule has 0 aromatic carbocycles. The third-order valence-electron chi connectivity index (χ3n) is 7.72. The normalized spacial score (nSPS) is 44.3. The Balaban J connectivity index is 1.22. The molecule has 7 heteroatoms. The highest BCUT2D eigenvalue weighted by molar-refractivity contribution is 7.91. The maximum Gasteiger partial charge on any atom is 0.210 e. The van der Waals surface area contributed by atoms with Gasteiger partial charge in [-0.3, -0.25) is 0 Å². The molecule has 148 valence electrons. The van der Waals surface area contributed by atoms with Crippen LogP contribution in [0.1, 0.15) is 51.9 Å². The summed E-state index contributed by atoms with van der Waals surface area (Å²) in [5.74, 6) is 2.07. The summed E-state index contributed by atoms with van der Waals surface area (Å²) in [4.78, 5) is 14.2. The van der Waals surface area contributed by atoms with Crippen molar-refractivity contribution >= 4 is 9.84 Å². The van der Waals surface area contributed by atoms with Gasteiger partial charge in [-0.15, -0.1) is 0 Å². The van der Waals surface area contributed by atoms with E-state index in [4.69, 9.17) is 14.5 Å². The second-order valence-electron chi connectivity index (χ2n) is 9.28. The first-order valence-corrected chi connectivity index (χ1v) is 12.2. The van der Waals surface area contributed by atoms with Crippen molar-refractivity contribution in [3.63, 3.8) is 0 Å². The number of nitrogens with zero attached hydrogens (tertiary/aromatic N) is 1. The molecule has 2 aliphatic heterocycles. The Bertz CT molecular complexity index is 627. The Kier molecular flexibility index (Phi) is 4.22. The van der Waals surface area contributed by atoms with Gasteiger partial charge in [-0.2, -0.15) is 9.78 Å². The van der Waals surface area contributed by atoms with Crippen LogP contribution in [0.15, 0.2) is 0 Å². The molecule has 6 rings (SSSR count). The molecular weight excluding hydrogens is 354 g/mol. The molecule has 2 spiro atoms. The van der Waals surface area contributed by atoms with Crippen LogP contribution in [0.3, 0.4) is 0 Å². The number of piperidine rings is 1. The van der Waals surface area contributed by atoms with E-state index in [2.05, 4.69) is 4.90 Å². The molecule has 0 radical (unpaired) electrons. The van der Waals surface area contributed by atoms with E-state index >= 15 is 0 Å². The zero-order valence-electron chi connectivity index (χ0n) is 15.7. The summed E-state index contributed by atoms with van der Waals surface area (Å²) in [5.41, 5.74) is 0. The lowest BCUT2D eigenvalue weighted by Gasteiger charge is -2.57. The molecule has 6 nitrogen and oxygen atoms in total. The van der Waals surface area contributed by atoms with Gasteiger partial charge in [0.05, 0.1) is 5.75 Å². The van der Waals surface area contributed by atoms with Crippen LogP contribution in [0.2, 0.25) is 0 Å². The average Bonchev–Trinajstić information content (AvgIpc) is 2.99. The summed E-state index contributed by atoms with van der Waals surface area (Å²) >= 11 is 0. The van der Waals surface area contributed by atoms with Crippen LogP contribution in [-0.4, -0.2) is 56.0 Å². The first kappa shape index (κ1) is 17.9. The molecule has 0 aromatic heterocycles. The minimum absolute atomic E-state index is 0.220. The molecule has 4 aliphatic carbocycles. The van der Waals surface area contributed by atoms with E-state index in [0.29, 0.717) is 18.4 Å². The summed E-state index contributed by atoms with van der Waals surface area (Å²) in [6.07, 6.45) is 7.84. The van der Waals surface area contributed by atoms with E-state index in [1.165, 1.54) is 32.1 Å². The molecule has 0 amide bonds. The molecule has 6 fully saturated rings. The number of likely N-dealkylation sites (tertiary alicyclic amines) is 1. The van der Waals surface area contributed by atoms with Crippen LogP contribution in [0.5, 0.6) is 0 Å². The maximum atomic E-state index is 11.7. The van der Waals surface area contributed by atoms with Crippen molar-refractivity contribution in [2.45, 2.75) is 63.4 Å². The molecule has 4 saturated carbocycles. The summed E-state index contributed by atoms with van der Waals surface area (Å²) in [6, 6.07) is 0. The quantitative estimate of drug-likeness (QED) is 0.692. The summed E-state index contributed by atoms with van der Waals surface area (Å²) in [7, 11) is -2.91. The predicted molar refractivity (Wildman–Crippen MR) is 95.8 cm³/mol. The molecule has 2 saturated heterocycles. The van der Waals surface area contributed by atoms with Crippen LogP contribution >= 0.6 is 0 Å². The van der Waals surface area contributed by atoms with Crippen LogP contribution < -0.4 is 0 Å². The van der Waals surface area contributed by atoms with Gasteiger partial charge in [0.25, 0.3) is 0 Å². The van der Waals surface area contributed by atoms with Crippen molar-refractivity contribution in [2.24, 2.45) is 23.7 Å².